The van der Waals surface area contributed by atoms with Gasteiger partial charge in [-0.2, -0.15) is 0 Å². The molecule has 0 saturated carbocycles. The molecule has 2 aromatic rings. The Morgan fingerprint density at radius 1 is 1.50 bits per heavy atom. The van der Waals surface area contributed by atoms with Gasteiger partial charge in [-0.3, -0.25) is 0 Å². The Bertz CT molecular complexity index is 525. The van der Waals surface area contributed by atoms with Crippen LogP contribution in [0, 0.1) is 0 Å². The number of phenols is 1. The maximum absolute atomic E-state index is 9.37. The minimum absolute atomic E-state index is 0.198. The lowest BCUT2D eigenvalue weighted by molar-refractivity contribution is 0.311. The molecule has 5 nitrogen and oxygen atoms in total. The largest absolute Gasteiger partial charge is 0.508 e. The predicted octanol–water partition coefficient (Wildman–Crippen LogP) is 1.38. The van der Waals surface area contributed by atoms with Crippen molar-refractivity contribution in [3.63, 3.8) is 0 Å². The molecule has 0 bridgehead atoms. The van der Waals surface area contributed by atoms with Crippen LogP contribution >= 0.6 is 0 Å². The fourth-order valence-corrected chi connectivity index (χ4v) is 2.17. The Balaban J connectivity index is 1.59. The summed E-state index contributed by atoms with van der Waals surface area (Å²) in [6.45, 7) is 1.47. The second-order valence-corrected chi connectivity index (χ2v) is 4.37. The monoisotopic (exact) mass is 245 g/mol. The van der Waals surface area contributed by atoms with E-state index in [4.69, 9.17) is 4.74 Å². The third kappa shape index (κ3) is 2.17. The van der Waals surface area contributed by atoms with Crippen molar-refractivity contribution in [1.29, 1.82) is 0 Å². The molecule has 0 spiro atoms. The summed E-state index contributed by atoms with van der Waals surface area (Å²) in [5.41, 5.74) is 2.23. The maximum atomic E-state index is 9.37. The summed E-state index contributed by atoms with van der Waals surface area (Å²) in [4.78, 5) is 7.06. The average molecular weight is 245 g/mol. The first-order valence-electron chi connectivity index (χ1n) is 5.99. The molecule has 0 fully saturated rings. The predicted molar refractivity (Wildman–Crippen MR) is 66.6 cm³/mol. The van der Waals surface area contributed by atoms with Crippen LogP contribution in [-0.4, -0.2) is 28.2 Å². The molecule has 0 amide bonds. The van der Waals surface area contributed by atoms with Crippen molar-refractivity contribution >= 4 is 0 Å². The Labute approximate surface area is 105 Å². The van der Waals surface area contributed by atoms with E-state index < -0.39 is 0 Å². The number of aromatic amines is 1. The van der Waals surface area contributed by atoms with E-state index >= 15 is 0 Å². The van der Waals surface area contributed by atoms with Crippen molar-refractivity contribution in [2.24, 2.45) is 0 Å². The van der Waals surface area contributed by atoms with Crippen LogP contribution in [0.3, 0.4) is 0 Å². The second kappa shape index (κ2) is 4.70. The van der Waals surface area contributed by atoms with Gasteiger partial charge in [-0.25, -0.2) is 4.98 Å². The molecule has 1 aliphatic heterocycles. The van der Waals surface area contributed by atoms with E-state index in [0.717, 1.165) is 30.0 Å². The zero-order valence-corrected chi connectivity index (χ0v) is 9.89. The molecule has 5 heteroatoms. The number of nitrogens with zero attached hydrogens (tertiary/aromatic N) is 1. The number of ether oxygens (including phenoxy) is 1. The highest BCUT2D eigenvalue weighted by atomic mass is 16.5. The van der Waals surface area contributed by atoms with Gasteiger partial charge in [0.15, 0.2) is 0 Å². The van der Waals surface area contributed by atoms with Crippen LogP contribution in [0.5, 0.6) is 11.5 Å². The molecule has 1 aliphatic rings. The van der Waals surface area contributed by atoms with Crippen molar-refractivity contribution < 1.29 is 9.84 Å². The summed E-state index contributed by atoms with van der Waals surface area (Å²) in [7, 11) is 0. The van der Waals surface area contributed by atoms with E-state index in [1.54, 1.807) is 18.5 Å². The summed E-state index contributed by atoms with van der Waals surface area (Å²) in [6, 6.07) is 5.46. The topological polar surface area (TPSA) is 70.2 Å². The minimum atomic E-state index is 0.198. The Hall–Kier alpha value is -2.01. The standard InChI is InChI=1S/C13H15N3O2/c17-10-1-2-11-12(7-18-13(11)5-10)15-4-3-9-6-14-8-16-9/h1-2,5-6,8,12,15,17H,3-4,7H2,(H,14,16). The molecule has 2 heterocycles. The summed E-state index contributed by atoms with van der Waals surface area (Å²) in [6.07, 6.45) is 4.43. The Kier molecular flexibility index (Phi) is 2.90. The van der Waals surface area contributed by atoms with Gasteiger partial charge in [0, 0.05) is 36.5 Å². The molecule has 0 radical (unpaired) electrons. The normalized spacial score (nSPS) is 17.4. The van der Waals surface area contributed by atoms with Gasteiger partial charge in [-0.1, -0.05) is 0 Å². The number of aromatic nitrogens is 2. The van der Waals surface area contributed by atoms with Crippen LogP contribution in [0.2, 0.25) is 0 Å². The fourth-order valence-electron chi connectivity index (χ4n) is 2.17. The van der Waals surface area contributed by atoms with Gasteiger partial charge in [-0.05, 0) is 12.1 Å². The van der Waals surface area contributed by atoms with E-state index in [2.05, 4.69) is 15.3 Å². The van der Waals surface area contributed by atoms with E-state index in [1.807, 2.05) is 12.3 Å². The number of fused-ring (bicyclic) bond motifs is 1. The molecule has 1 aromatic heterocycles. The quantitative estimate of drug-likeness (QED) is 0.761. The Morgan fingerprint density at radius 3 is 3.28 bits per heavy atom. The van der Waals surface area contributed by atoms with E-state index in [1.165, 1.54) is 0 Å². The number of H-pyrrole nitrogens is 1. The molecule has 3 N–H and O–H groups in total. The third-order valence-electron chi connectivity index (χ3n) is 3.12. The zero-order valence-electron chi connectivity index (χ0n) is 9.89. The lowest BCUT2D eigenvalue weighted by Gasteiger charge is -2.10. The number of imidazole rings is 1. The maximum Gasteiger partial charge on any atom is 0.127 e. The third-order valence-corrected chi connectivity index (χ3v) is 3.12. The highest BCUT2D eigenvalue weighted by Gasteiger charge is 2.23. The van der Waals surface area contributed by atoms with Crippen molar-refractivity contribution in [2.75, 3.05) is 13.2 Å². The van der Waals surface area contributed by atoms with Crippen molar-refractivity contribution in [1.82, 2.24) is 15.3 Å². The number of rotatable bonds is 4. The van der Waals surface area contributed by atoms with E-state index in [0.29, 0.717) is 6.61 Å². The van der Waals surface area contributed by atoms with Crippen LogP contribution < -0.4 is 10.1 Å². The molecule has 3 rings (SSSR count). The molecular weight excluding hydrogens is 230 g/mol. The lowest BCUT2D eigenvalue weighted by atomic mass is 10.1. The Morgan fingerprint density at radius 2 is 2.44 bits per heavy atom. The first kappa shape index (κ1) is 11.1. The smallest absolute Gasteiger partial charge is 0.127 e. The molecule has 1 aromatic carbocycles. The molecule has 18 heavy (non-hydrogen) atoms. The first-order valence-corrected chi connectivity index (χ1v) is 5.99. The van der Waals surface area contributed by atoms with Gasteiger partial charge < -0.3 is 20.1 Å². The molecule has 1 unspecified atom stereocenters. The first-order chi connectivity index (χ1) is 8.83. The van der Waals surface area contributed by atoms with Crippen LogP contribution in [0.15, 0.2) is 30.7 Å². The number of hydrogen-bond donors (Lipinski definition) is 3. The minimum Gasteiger partial charge on any atom is -0.508 e. The van der Waals surface area contributed by atoms with Crippen molar-refractivity contribution in [3.8, 4) is 11.5 Å². The molecule has 0 aliphatic carbocycles. The second-order valence-electron chi connectivity index (χ2n) is 4.37. The summed E-state index contributed by atoms with van der Waals surface area (Å²) >= 11 is 0. The van der Waals surface area contributed by atoms with Crippen LogP contribution in [-0.2, 0) is 6.42 Å². The number of hydrogen-bond acceptors (Lipinski definition) is 4. The van der Waals surface area contributed by atoms with Gasteiger partial charge in [-0.15, -0.1) is 0 Å². The van der Waals surface area contributed by atoms with Crippen molar-refractivity contribution in [3.05, 3.63) is 42.0 Å². The molecular formula is C13H15N3O2. The lowest BCUT2D eigenvalue weighted by Crippen LogP contribution is -2.24. The molecule has 0 saturated heterocycles. The van der Waals surface area contributed by atoms with Crippen LogP contribution in [0.25, 0.3) is 0 Å². The van der Waals surface area contributed by atoms with Crippen LogP contribution in [0.1, 0.15) is 17.3 Å². The van der Waals surface area contributed by atoms with Crippen LogP contribution in [0.4, 0.5) is 0 Å². The fraction of sp³-hybridized carbons (Fsp3) is 0.308. The molecule has 94 valence electrons. The van der Waals surface area contributed by atoms with Gasteiger partial charge in [0.25, 0.3) is 0 Å². The highest BCUT2D eigenvalue weighted by molar-refractivity contribution is 5.44. The summed E-state index contributed by atoms with van der Waals surface area (Å²) < 4.78 is 5.54. The van der Waals surface area contributed by atoms with Gasteiger partial charge >= 0.3 is 0 Å². The average Bonchev–Trinajstić information content (AvgIpc) is 2.99. The van der Waals surface area contributed by atoms with Gasteiger partial charge in [0.05, 0.1) is 12.4 Å². The van der Waals surface area contributed by atoms with Crippen molar-refractivity contribution in [2.45, 2.75) is 12.5 Å². The number of phenolic OH excluding ortho intramolecular Hbond substituents is 1. The SMILES string of the molecule is Oc1ccc2c(c1)OCC2NCCc1cnc[nH]1. The number of nitrogens with one attached hydrogen (secondary N) is 2. The molecule has 1 atom stereocenters. The van der Waals surface area contributed by atoms with E-state index in [9.17, 15) is 5.11 Å². The summed E-state index contributed by atoms with van der Waals surface area (Å²) in [5.74, 6) is 1.01. The highest BCUT2D eigenvalue weighted by Crippen LogP contribution is 2.34. The zero-order chi connectivity index (χ0) is 12.4. The van der Waals surface area contributed by atoms with Gasteiger partial charge in [0.2, 0.25) is 0 Å². The van der Waals surface area contributed by atoms with E-state index in [-0.39, 0.29) is 11.8 Å². The van der Waals surface area contributed by atoms with Gasteiger partial charge in [0.1, 0.15) is 18.1 Å². The number of benzene rings is 1. The number of aromatic hydroxyl groups is 1. The summed E-state index contributed by atoms with van der Waals surface area (Å²) in [5, 5.41) is 12.8.